The van der Waals surface area contributed by atoms with Crippen molar-refractivity contribution < 1.29 is 4.79 Å². The first-order chi connectivity index (χ1) is 8.75. The minimum Gasteiger partial charge on any atom is -0.289 e. The zero-order chi connectivity index (χ0) is 12.5. The maximum atomic E-state index is 12.3. The number of carbonyl (C=O) groups is 1. The number of hydrogen-bond acceptors (Lipinski definition) is 3. The fourth-order valence-electron chi connectivity index (χ4n) is 1.81. The highest BCUT2D eigenvalue weighted by atomic mass is 35.5. The van der Waals surface area contributed by atoms with E-state index in [9.17, 15) is 4.79 Å². The molecule has 3 aromatic rings. The van der Waals surface area contributed by atoms with Gasteiger partial charge in [0.25, 0.3) is 0 Å². The minimum atomic E-state index is -0.0915. The molecule has 1 heterocycles. The highest BCUT2D eigenvalue weighted by Crippen LogP contribution is 2.19. The van der Waals surface area contributed by atoms with Crippen LogP contribution in [-0.4, -0.2) is 21.2 Å². The second-order valence-corrected chi connectivity index (χ2v) is 4.27. The lowest BCUT2D eigenvalue weighted by molar-refractivity contribution is 0.104. The molecule has 0 saturated heterocycles. The number of fused-ring (bicyclic) bond motifs is 1. The lowest BCUT2D eigenvalue weighted by Crippen LogP contribution is -2.01. The van der Waals surface area contributed by atoms with Crippen LogP contribution in [0.3, 0.4) is 0 Å². The molecule has 88 valence electrons. The Bertz CT molecular complexity index is 718. The van der Waals surface area contributed by atoms with Crippen LogP contribution >= 0.6 is 11.6 Å². The van der Waals surface area contributed by atoms with E-state index in [1.807, 2.05) is 0 Å². The van der Waals surface area contributed by atoms with Crippen LogP contribution in [0.25, 0.3) is 11.0 Å². The van der Waals surface area contributed by atoms with Crippen LogP contribution in [0.2, 0.25) is 5.02 Å². The number of nitrogens with zero attached hydrogens (tertiary/aromatic N) is 2. The largest absolute Gasteiger partial charge is 0.289 e. The molecule has 0 saturated carbocycles. The number of ketones is 1. The number of halogens is 1. The molecule has 0 amide bonds. The van der Waals surface area contributed by atoms with Gasteiger partial charge in [-0.05, 0) is 36.4 Å². The first-order valence-corrected chi connectivity index (χ1v) is 5.73. The second kappa shape index (κ2) is 4.23. The molecule has 0 fully saturated rings. The summed E-state index contributed by atoms with van der Waals surface area (Å²) in [5.41, 5.74) is 2.37. The van der Waals surface area contributed by atoms with Gasteiger partial charge >= 0.3 is 0 Å². The summed E-state index contributed by atoms with van der Waals surface area (Å²) in [6.45, 7) is 0. The minimum absolute atomic E-state index is 0.0915. The van der Waals surface area contributed by atoms with Gasteiger partial charge < -0.3 is 0 Å². The number of aromatic amines is 1. The number of para-hydroxylation sites is 1. The van der Waals surface area contributed by atoms with Crippen LogP contribution in [0.4, 0.5) is 0 Å². The van der Waals surface area contributed by atoms with Crippen molar-refractivity contribution in [3.63, 3.8) is 0 Å². The van der Waals surface area contributed by atoms with E-state index in [0.29, 0.717) is 27.2 Å². The van der Waals surface area contributed by atoms with E-state index in [0.717, 1.165) is 0 Å². The number of hydrogen-bond donors (Lipinski definition) is 1. The van der Waals surface area contributed by atoms with Crippen molar-refractivity contribution in [2.24, 2.45) is 0 Å². The first-order valence-electron chi connectivity index (χ1n) is 5.35. The molecule has 0 unspecified atom stereocenters. The van der Waals surface area contributed by atoms with Crippen LogP contribution in [0.5, 0.6) is 0 Å². The molecule has 4 nitrogen and oxygen atoms in total. The molecule has 5 heteroatoms. The summed E-state index contributed by atoms with van der Waals surface area (Å²) < 4.78 is 0. The van der Waals surface area contributed by atoms with E-state index >= 15 is 0 Å². The van der Waals surface area contributed by atoms with Gasteiger partial charge in [0.1, 0.15) is 11.0 Å². The third-order valence-corrected chi connectivity index (χ3v) is 2.95. The van der Waals surface area contributed by atoms with E-state index in [1.54, 1.807) is 42.5 Å². The number of aromatic nitrogens is 3. The van der Waals surface area contributed by atoms with E-state index in [1.165, 1.54) is 0 Å². The van der Waals surface area contributed by atoms with Gasteiger partial charge in [-0.15, -0.1) is 0 Å². The molecular formula is C13H8ClN3O. The van der Waals surface area contributed by atoms with E-state index in [4.69, 9.17) is 11.6 Å². The summed E-state index contributed by atoms with van der Waals surface area (Å²) in [7, 11) is 0. The predicted molar refractivity (Wildman–Crippen MR) is 68.8 cm³/mol. The van der Waals surface area contributed by atoms with Crippen molar-refractivity contribution in [1.82, 2.24) is 15.4 Å². The third-order valence-electron chi connectivity index (χ3n) is 2.70. The van der Waals surface area contributed by atoms with Gasteiger partial charge in [-0.2, -0.15) is 15.4 Å². The Morgan fingerprint density at radius 2 is 1.83 bits per heavy atom. The third kappa shape index (κ3) is 1.76. The van der Waals surface area contributed by atoms with Gasteiger partial charge in [-0.1, -0.05) is 17.7 Å². The average Bonchev–Trinajstić information content (AvgIpc) is 2.87. The fourth-order valence-corrected chi connectivity index (χ4v) is 1.93. The molecule has 3 rings (SSSR count). The molecule has 1 aromatic heterocycles. The van der Waals surface area contributed by atoms with Crippen LogP contribution in [0.15, 0.2) is 42.5 Å². The number of carbonyl (C=O) groups excluding carboxylic acids is 1. The first kappa shape index (κ1) is 10.9. The zero-order valence-corrected chi connectivity index (χ0v) is 9.98. The zero-order valence-electron chi connectivity index (χ0n) is 9.22. The normalized spacial score (nSPS) is 10.7. The molecule has 0 bridgehead atoms. The van der Waals surface area contributed by atoms with Crippen LogP contribution in [0, 0.1) is 0 Å². The van der Waals surface area contributed by atoms with E-state index < -0.39 is 0 Å². The van der Waals surface area contributed by atoms with Gasteiger partial charge in [-0.25, -0.2) is 0 Å². The maximum Gasteiger partial charge on any atom is 0.195 e. The molecule has 1 N–H and O–H groups in total. The SMILES string of the molecule is O=C(c1ccc(Cl)cc1)c1cccc2n[nH]nc12. The molecular weight excluding hydrogens is 250 g/mol. The Balaban J connectivity index is 2.12. The average molecular weight is 258 g/mol. The van der Waals surface area contributed by atoms with Crippen molar-refractivity contribution in [3.05, 3.63) is 58.6 Å². The maximum absolute atomic E-state index is 12.3. The van der Waals surface area contributed by atoms with Crippen molar-refractivity contribution >= 4 is 28.4 Å². The predicted octanol–water partition coefficient (Wildman–Crippen LogP) is 2.84. The molecule has 0 aliphatic carbocycles. The molecule has 18 heavy (non-hydrogen) atoms. The van der Waals surface area contributed by atoms with Crippen molar-refractivity contribution in [2.45, 2.75) is 0 Å². The van der Waals surface area contributed by atoms with Gasteiger partial charge in [0, 0.05) is 10.6 Å². The van der Waals surface area contributed by atoms with Gasteiger partial charge in [0.15, 0.2) is 5.78 Å². The van der Waals surface area contributed by atoms with Crippen molar-refractivity contribution in [1.29, 1.82) is 0 Å². The molecule has 2 aromatic carbocycles. The Hall–Kier alpha value is -2.20. The Morgan fingerprint density at radius 3 is 2.61 bits per heavy atom. The van der Waals surface area contributed by atoms with Gasteiger partial charge in [-0.3, -0.25) is 4.79 Å². The number of H-pyrrole nitrogens is 1. The lowest BCUT2D eigenvalue weighted by Gasteiger charge is -2.01. The molecule has 0 aliphatic rings. The molecule has 0 aliphatic heterocycles. The van der Waals surface area contributed by atoms with Crippen LogP contribution in [0.1, 0.15) is 15.9 Å². The van der Waals surface area contributed by atoms with Gasteiger partial charge in [0.2, 0.25) is 0 Å². The summed E-state index contributed by atoms with van der Waals surface area (Å²) in [6.07, 6.45) is 0. The Labute approximate surface area is 108 Å². The quantitative estimate of drug-likeness (QED) is 0.718. The fraction of sp³-hybridized carbons (Fsp3) is 0. The summed E-state index contributed by atoms with van der Waals surface area (Å²) in [5, 5.41) is 11.1. The van der Waals surface area contributed by atoms with E-state index in [2.05, 4.69) is 15.4 Å². The highest BCUT2D eigenvalue weighted by Gasteiger charge is 2.14. The second-order valence-electron chi connectivity index (χ2n) is 3.83. The number of rotatable bonds is 2. The van der Waals surface area contributed by atoms with Crippen molar-refractivity contribution in [3.8, 4) is 0 Å². The topological polar surface area (TPSA) is 58.6 Å². The summed E-state index contributed by atoms with van der Waals surface area (Å²) >= 11 is 5.80. The molecule has 0 radical (unpaired) electrons. The van der Waals surface area contributed by atoms with E-state index in [-0.39, 0.29) is 5.78 Å². The van der Waals surface area contributed by atoms with Crippen LogP contribution < -0.4 is 0 Å². The van der Waals surface area contributed by atoms with Crippen molar-refractivity contribution in [2.75, 3.05) is 0 Å². The summed E-state index contributed by atoms with van der Waals surface area (Å²) in [5.74, 6) is -0.0915. The van der Waals surface area contributed by atoms with Gasteiger partial charge in [0.05, 0.1) is 5.56 Å². The Morgan fingerprint density at radius 1 is 1.06 bits per heavy atom. The lowest BCUT2D eigenvalue weighted by atomic mass is 10.0. The smallest absolute Gasteiger partial charge is 0.195 e. The summed E-state index contributed by atoms with van der Waals surface area (Å²) in [6, 6.07) is 12.1. The Kier molecular flexibility index (Phi) is 2.57. The number of nitrogens with one attached hydrogen (secondary N) is 1. The molecule has 0 atom stereocenters. The summed E-state index contributed by atoms with van der Waals surface area (Å²) in [4.78, 5) is 12.3. The standard InChI is InChI=1S/C13H8ClN3O/c14-9-6-4-8(5-7-9)13(18)10-2-1-3-11-12(10)16-17-15-11/h1-7H,(H,15,16,17). The molecule has 0 spiro atoms. The monoisotopic (exact) mass is 257 g/mol. The highest BCUT2D eigenvalue weighted by molar-refractivity contribution is 6.30. The van der Waals surface area contributed by atoms with Crippen LogP contribution in [-0.2, 0) is 0 Å². The number of benzene rings is 2.